The molecule has 0 aliphatic heterocycles. The first-order valence-corrected chi connectivity index (χ1v) is 8.70. The molecule has 1 N–H and O–H groups in total. The first-order chi connectivity index (χ1) is 12.2. The summed E-state index contributed by atoms with van der Waals surface area (Å²) >= 11 is 0. The second-order valence-corrected chi connectivity index (χ2v) is 6.61. The number of rotatable bonds is 8. The topological polar surface area (TPSA) is 47.6 Å². The summed E-state index contributed by atoms with van der Waals surface area (Å²) in [6, 6.07) is 16.1. The maximum Gasteiger partial charge on any atom is 0.220 e. The number of methoxy groups -OCH3 is 2. The van der Waals surface area contributed by atoms with Gasteiger partial charge in [0.2, 0.25) is 5.91 Å². The van der Waals surface area contributed by atoms with Crippen LogP contribution in [0.25, 0.3) is 0 Å². The fourth-order valence-electron chi connectivity index (χ4n) is 3.14. The zero-order valence-electron chi connectivity index (χ0n) is 14.9. The Morgan fingerprint density at radius 1 is 1.04 bits per heavy atom. The van der Waals surface area contributed by atoms with Gasteiger partial charge in [0.25, 0.3) is 0 Å². The number of hydrogen-bond acceptors (Lipinski definition) is 3. The van der Waals surface area contributed by atoms with Crippen LogP contribution in [0.2, 0.25) is 0 Å². The average Bonchev–Trinajstić information content (AvgIpc) is 3.46. The van der Waals surface area contributed by atoms with E-state index < -0.39 is 0 Å². The van der Waals surface area contributed by atoms with Gasteiger partial charge in [-0.25, -0.2) is 0 Å². The molecule has 4 heteroatoms. The van der Waals surface area contributed by atoms with Crippen LogP contribution in [0, 0.1) is 0 Å². The van der Waals surface area contributed by atoms with Crippen molar-refractivity contribution >= 4 is 5.91 Å². The standard InChI is InChI=1S/C21H25NO3/c1-24-18-10-9-17(14-19(18)25-2)21(12-13-21)15-22-20(23)11-8-16-6-4-3-5-7-16/h3-7,9-10,14H,8,11-13,15H2,1-2H3,(H,22,23). The number of carbonyl (C=O) groups is 1. The minimum atomic E-state index is 0.0436. The molecule has 0 unspecified atom stereocenters. The van der Waals surface area contributed by atoms with E-state index in [0.29, 0.717) is 13.0 Å². The van der Waals surface area contributed by atoms with E-state index in [9.17, 15) is 4.79 Å². The number of aryl methyl sites for hydroxylation is 1. The highest BCUT2D eigenvalue weighted by atomic mass is 16.5. The summed E-state index contributed by atoms with van der Waals surface area (Å²) in [4.78, 5) is 12.2. The van der Waals surface area contributed by atoms with Crippen LogP contribution in [0.1, 0.15) is 30.4 Å². The fourth-order valence-corrected chi connectivity index (χ4v) is 3.14. The van der Waals surface area contributed by atoms with Crippen LogP contribution in [0.4, 0.5) is 0 Å². The van der Waals surface area contributed by atoms with Crippen molar-refractivity contribution in [1.29, 1.82) is 0 Å². The quantitative estimate of drug-likeness (QED) is 0.801. The second kappa shape index (κ2) is 7.60. The van der Waals surface area contributed by atoms with E-state index in [1.54, 1.807) is 14.2 Å². The molecule has 1 aliphatic carbocycles. The summed E-state index contributed by atoms with van der Waals surface area (Å²) in [6.07, 6.45) is 3.46. The minimum absolute atomic E-state index is 0.0436. The third-order valence-corrected chi connectivity index (χ3v) is 4.96. The zero-order chi connectivity index (χ0) is 17.7. The summed E-state index contributed by atoms with van der Waals surface area (Å²) in [5.74, 6) is 1.58. The van der Waals surface area contributed by atoms with Crippen LogP contribution in [-0.2, 0) is 16.6 Å². The van der Waals surface area contributed by atoms with Crippen LogP contribution < -0.4 is 14.8 Å². The van der Waals surface area contributed by atoms with Crippen molar-refractivity contribution in [3.05, 3.63) is 59.7 Å². The molecule has 2 aromatic carbocycles. The van der Waals surface area contributed by atoms with E-state index in [4.69, 9.17) is 9.47 Å². The first kappa shape index (κ1) is 17.3. The van der Waals surface area contributed by atoms with Crippen molar-refractivity contribution in [2.75, 3.05) is 20.8 Å². The lowest BCUT2D eigenvalue weighted by atomic mass is 9.95. The Morgan fingerprint density at radius 3 is 2.40 bits per heavy atom. The molecule has 132 valence electrons. The Balaban J connectivity index is 1.56. The fraction of sp³-hybridized carbons (Fsp3) is 0.381. The highest BCUT2D eigenvalue weighted by Gasteiger charge is 2.44. The molecule has 0 spiro atoms. The molecule has 0 aromatic heterocycles. The number of ether oxygens (including phenoxy) is 2. The number of carbonyl (C=O) groups excluding carboxylic acids is 1. The molecule has 1 fully saturated rings. The summed E-state index contributed by atoms with van der Waals surface area (Å²) in [6.45, 7) is 0.677. The monoisotopic (exact) mass is 339 g/mol. The molecular weight excluding hydrogens is 314 g/mol. The Hall–Kier alpha value is -2.49. The average molecular weight is 339 g/mol. The maximum atomic E-state index is 12.2. The summed E-state index contributed by atoms with van der Waals surface area (Å²) in [5.41, 5.74) is 2.44. The number of hydrogen-bond donors (Lipinski definition) is 1. The third kappa shape index (κ3) is 4.13. The maximum absolute atomic E-state index is 12.2. The van der Waals surface area contributed by atoms with Gasteiger partial charge in [0.15, 0.2) is 11.5 Å². The first-order valence-electron chi connectivity index (χ1n) is 8.70. The lowest BCUT2D eigenvalue weighted by Gasteiger charge is -2.18. The molecule has 1 saturated carbocycles. The van der Waals surface area contributed by atoms with Crippen LogP contribution in [0.3, 0.4) is 0 Å². The van der Waals surface area contributed by atoms with E-state index in [1.165, 1.54) is 11.1 Å². The summed E-state index contributed by atoms with van der Waals surface area (Å²) < 4.78 is 10.7. The van der Waals surface area contributed by atoms with Crippen LogP contribution >= 0.6 is 0 Å². The molecule has 0 atom stereocenters. The molecule has 0 saturated heterocycles. The smallest absolute Gasteiger partial charge is 0.220 e. The van der Waals surface area contributed by atoms with E-state index >= 15 is 0 Å². The summed E-state index contributed by atoms with van der Waals surface area (Å²) in [7, 11) is 3.28. The van der Waals surface area contributed by atoms with Gasteiger partial charge in [-0.3, -0.25) is 4.79 Å². The highest BCUT2D eigenvalue weighted by Crippen LogP contribution is 2.49. The van der Waals surface area contributed by atoms with Crippen molar-refractivity contribution in [3.8, 4) is 11.5 Å². The highest BCUT2D eigenvalue weighted by molar-refractivity contribution is 5.76. The molecule has 0 heterocycles. The largest absolute Gasteiger partial charge is 0.493 e. The molecule has 1 amide bonds. The van der Waals surface area contributed by atoms with Gasteiger partial charge >= 0.3 is 0 Å². The molecule has 1 aliphatic rings. The molecule has 0 radical (unpaired) electrons. The van der Waals surface area contributed by atoms with Crippen molar-refractivity contribution in [2.45, 2.75) is 31.1 Å². The zero-order valence-corrected chi connectivity index (χ0v) is 14.9. The predicted molar refractivity (Wildman–Crippen MR) is 98.2 cm³/mol. The van der Waals surface area contributed by atoms with Crippen molar-refractivity contribution in [2.24, 2.45) is 0 Å². The van der Waals surface area contributed by atoms with Crippen LogP contribution in [0.15, 0.2) is 48.5 Å². The van der Waals surface area contributed by atoms with Gasteiger partial charge in [-0.15, -0.1) is 0 Å². The Bertz CT molecular complexity index is 723. The predicted octanol–water partition coefficient (Wildman–Crippen LogP) is 3.48. The van der Waals surface area contributed by atoms with Crippen LogP contribution in [0.5, 0.6) is 11.5 Å². The van der Waals surface area contributed by atoms with Crippen molar-refractivity contribution < 1.29 is 14.3 Å². The van der Waals surface area contributed by atoms with Crippen molar-refractivity contribution in [1.82, 2.24) is 5.32 Å². The number of amides is 1. The minimum Gasteiger partial charge on any atom is -0.493 e. The van der Waals surface area contributed by atoms with E-state index in [0.717, 1.165) is 30.8 Å². The molecule has 4 nitrogen and oxygen atoms in total. The van der Waals surface area contributed by atoms with Gasteiger partial charge in [-0.2, -0.15) is 0 Å². The summed E-state index contributed by atoms with van der Waals surface area (Å²) in [5, 5.41) is 3.11. The Morgan fingerprint density at radius 2 is 1.76 bits per heavy atom. The van der Waals surface area contributed by atoms with Gasteiger partial charge in [0, 0.05) is 18.4 Å². The van der Waals surface area contributed by atoms with Crippen LogP contribution in [-0.4, -0.2) is 26.7 Å². The third-order valence-electron chi connectivity index (χ3n) is 4.96. The number of benzene rings is 2. The molecule has 0 bridgehead atoms. The molecule has 25 heavy (non-hydrogen) atoms. The Kier molecular flexibility index (Phi) is 5.27. The van der Waals surface area contributed by atoms with E-state index in [2.05, 4.69) is 23.5 Å². The molecule has 2 aromatic rings. The van der Waals surface area contributed by atoms with Crippen molar-refractivity contribution in [3.63, 3.8) is 0 Å². The van der Waals surface area contributed by atoms with Gasteiger partial charge in [-0.05, 0) is 42.5 Å². The van der Waals surface area contributed by atoms with Gasteiger partial charge < -0.3 is 14.8 Å². The van der Waals surface area contributed by atoms with Gasteiger partial charge in [0.1, 0.15) is 0 Å². The second-order valence-electron chi connectivity index (χ2n) is 6.61. The van der Waals surface area contributed by atoms with E-state index in [-0.39, 0.29) is 11.3 Å². The SMILES string of the molecule is COc1ccc(C2(CNC(=O)CCc3ccccc3)CC2)cc1OC. The van der Waals surface area contributed by atoms with E-state index in [1.807, 2.05) is 30.3 Å². The van der Waals surface area contributed by atoms with Gasteiger partial charge in [-0.1, -0.05) is 36.4 Å². The lowest BCUT2D eigenvalue weighted by molar-refractivity contribution is -0.121. The Labute approximate surface area is 149 Å². The lowest BCUT2D eigenvalue weighted by Crippen LogP contribution is -2.32. The molecular formula is C21H25NO3. The molecule has 3 rings (SSSR count). The van der Waals surface area contributed by atoms with Gasteiger partial charge in [0.05, 0.1) is 14.2 Å². The number of nitrogens with one attached hydrogen (secondary N) is 1. The normalized spacial score (nSPS) is 14.6.